The Hall–Kier alpha value is -2.54. The summed E-state index contributed by atoms with van der Waals surface area (Å²) >= 11 is 0. The Bertz CT molecular complexity index is 866. The first-order valence-corrected chi connectivity index (χ1v) is 7.78. The van der Waals surface area contributed by atoms with E-state index in [4.69, 9.17) is 4.74 Å². The van der Waals surface area contributed by atoms with Crippen LogP contribution < -0.4 is 4.74 Å². The van der Waals surface area contributed by atoms with E-state index >= 15 is 0 Å². The maximum absolute atomic E-state index is 6.00. The van der Waals surface area contributed by atoms with Crippen LogP contribution in [0.1, 0.15) is 16.7 Å². The molecule has 1 aliphatic carbocycles. The Morgan fingerprint density at radius 1 is 0.727 bits per heavy atom. The van der Waals surface area contributed by atoms with Crippen LogP contribution in [0.15, 0.2) is 72.8 Å². The molecule has 1 aliphatic heterocycles. The van der Waals surface area contributed by atoms with Crippen molar-refractivity contribution in [1.29, 1.82) is 0 Å². The van der Waals surface area contributed by atoms with Crippen LogP contribution in [0.3, 0.4) is 0 Å². The Kier molecular flexibility index (Phi) is 2.32. The van der Waals surface area contributed by atoms with Crippen LogP contribution in [0, 0.1) is 0 Å². The molecular weight excluding hydrogens is 268 g/mol. The van der Waals surface area contributed by atoms with E-state index in [1.54, 1.807) is 0 Å². The van der Waals surface area contributed by atoms with Crippen LogP contribution in [0.25, 0.3) is 11.1 Å². The molecular formula is C21H16O. The Labute approximate surface area is 130 Å². The first kappa shape index (κ1) is 12.0. The third kappa shape index (κ3) is 1.48. The topological polar surface area (TPSA) is 9.23 Å². The summed E-state index contributed by atoms with van der Waals surface area (Å²) in [6.45, 7) is 0.775. The SMILES string of the molecule is c1ccc(-c2ccc3c(c2)C2(CO3)Cc3ccccc32)cc1. The highest BCUT2D eigenvalue weighted by Gasteiger charge is 2.49. The van der Waals surface area contributed by atoms with Gasteiger partial charge in [-0.15, -0.1) is 0 Å². The first-order valence-electron chi connectivity index (χ1n) is 7.78. The lowest BCUT2D eigenvalue weighted by Gasteiger charge is -2.40. The van der Waals surface area contributed by atoms with E-state index in [1.165, 1.54) is 27.8 Å². The van der Waals surface area contributed by atoms with Crippen molar-refractivity contribution in [3.63, 3.8) is 0 Å². The summed E-state index contributed by atoms with van der Waals surface area (Å²) in [5.74, 6) is 1.05. The molecule has 5 rings (SSSR count). The van der Waals surface area contributed by atoms with Gasteiger partial charge in [0.1, 0.15) is 12.4 Å². The zero-order chi connectivity index (χ0) is 14.6. The molecule has 0 fully saturated rings. The van der Waals surface area contributed by atoms with E-state index in [2.05, 4.69) is 72.8 Å². The fourth-order valence-corrected chi connectivity index (χ4v) is 3.94. The first-order chi connectivity index (χ1) is 10.9. The van der Waals surface area contributed by atoms with Gasteiger partial charge in [-0.1, -0.05) is 60.7 Å². The van der Waals surface area contributed by atoms with E-state index in [0.29, 0.717) is 0 Å². The highest BCUT2D eigenvalue weighted by Crippen LogP contribution is 2.53. The summed E-state index contributed by atoms with van der Waals surface area (Å²) in [6.07, 6.45) is 1.09. The van der Waals surface area contributed by atoms with Gasteiger partial charge < -0.3 is 4.74 Å². The molecule has 0 amide bonds. The average Bonchev–Trinajstić information content (AvgIpc) is 2.96. The van der Waals surface area contributed by atoms with E-state index in [0.717, 1.165) is 18.8 Å². The lowest BCUT2D eigenvalue weighted by molar-refractivity contribution is 0.273. The molecule has 0 aromatic heterocycles. The third-order valence-corrected chi connectivity index (χ3v) is 5.10. The van der Waals surface area contributed by atoms with Crippen molar-refractivity contribution < 1.29 is 4.74 Å². The van der Waals surface area contributed by atoms with Crippen LogP contribution in [-0.2, 0) is 11.8 Å². The van der Waals surface area contributed by atoms with Crippen molar-refractivity contribution in [2.45, 2.75) is 11.8 Å². The van der Waals surface area contributed by atoms with Gasteiger partial charge in [-0.2, -0.15) is 0 Å². The van der Waals surface area contributed by atoms with Crippen molar-refractivity contribution in [1.82, 2.24) is 0 Å². The predicted molar refractivity (Wildman–Crippen MR) is 88.3 cm³/mol. The molecule has 3 aromatic carbocycles. The smallest absolute Gasteiger partial charge is 0.123 e. The maximum atomic E-state index is 6.00. The molecule has 0 bridgehead atoms. The molecule has 1 spiro atoms. The van der Waals surface area contributed by atoms with Crippen LogP contribution in [0.4, 0.5) is 0 Å². The van der Waals surface area contributed by atoms with Gasteiger partial charge in [0, 0.05) is 5.56 Å². The van der Waals surface area contributed by atoms with Gasteiger partial charge in [-0.05, 0) is 40.8 Å². The number of benzene rings is 3. The van der Waals surface area contributed by atoms with Gasteiger partial charge in [0.25, 0.3) is 0 Å². The molecule has 22 heavy (non-hydrogen) atoms. The molecule has 1 nitrogen and oxygen atoms in total. The van der Waals surface area contributed by atoms with Crippen molar-refractivity contribution in [2.24, 2.45) is 0 Å². The van der Waals surface area contributed by atoms with Crippen molar-refractivity contribution >= 4 is 0 Å². The largest absolute Gasteiger partial charge is 0.492 e. The molecule has 0 saturated heterocycles. The summed E-state index contributed by atoms with van der Waals surface area (Å²) in [5, 5.41) is 0. The van der Waals surface area contributed by atoms with Crippen LogP contribution in [0.5, 0.6) is 5.75 Å². The van der Waals surface area contributed by atoms with Crippen LogP contribution in [-0.4, -0.2) is 6.61 Å². The molecule has 3 aromatic rings. The van der Waals surface area contributed by atoms with Gasteiger partial charge in [0.15, 0.2) is 0 Å². The van der Waals surface area contributed by atoms with Crippen LogP contribution >= 0.6 is 0 Å². The lowest BCUT2D eigenvalue weighted by Crippen LogP contribution is -2.41. The fraction of sp³-hybridized carbons (Fsp3) is 0.143. The number of hydrogen-bond donors (Lipinski definition) is 0. The number of fused-ring (bicyclic) bond motifs is 4. The lowest BCUT2D eigenvalue weighted by atomic mass is 9.61. The van der Waals surface area contributed by atoms with E-state index in [9.17, 15) is 0 Å². The number of rotatable bonds is 1. The Balaban J connectivity index is 1.67. The summed E-state index contributed by atoms with van der Waals surface area (Å²) in [4.78, 5) is 0. The monoisotopic (exact) mass is 284 g/mol. The standard InChI is InChI=1S/C21H16O/c1-2-6-15(7-3-1)16-10-11-20-19(12-16)21(14-22-20)13-17-8-4-5-9-18(17)21/h1-12H,13-14H2. The molecule has 0 radical (unpaired) electrons. The highest BCUT2D eigenvalue weighted by atomic mass is 16.5. The third-order valence-electron chi connectivity index (χ3n) is 5.10. The predicted octanol–water partition coefficient (Wildman–Crippen LogP) is 4.59. The maximum Gasteiger partial charge on any atom is 0.123 e. The second kappa shape index (κ2) is 4.23. The van der Waals surface area contributed by atoms with Crippen LogP contribution in [0.2, 0.25) is 0 Å². The molecule has 2 aliphatic rings. The minimum absolute atomic E-state index is 0.0801. The minimum atomic E-state index is 0.0801. The van der Waals surface area contributed by atoms with Gasteiger partial charge in [0.2, 0.25) is 0 Å². The summed E-state index contributed by atoms with van der Waals surface area (Å²) < 4.78 is 6.00. The molecule has 1 heterocycles. The van der Waals surface area contributed by atoms with Crippen molar-refractivity contribution in [3.05, 3.63) is 89.5 Å². The van der Waals surface area contributed by atoms with Gasteiger partial charge in [0.05, 0.1) is 5.41 Å². The van der Waals surface area contributed by atoms with Crippen molar-refractivity contribution in [2.75, 3.05) is 6.61 Å². The second-order valence-electron chi connectivity index (χ2n) is 6.28. The number of ether oxygens (including phenoxy) is 1. The summed E-state index contributed by atoms with van der Waals surface area (Å²) in [7, 11) is 0. The van der Waals surface area contributed by atoms with E-state index in [-0.39, 0.29) is 5.41 Å². The zero-order valence-electron chi connectivity index (χ0n) is 12.3. The molecule has 1 unspecified atom stereocenters. The van der Waals surface area contributed by atoms with Crippen molar-refractivity contribution in [3.8, 4) is 16.9 Å². The molecule has 0 saturated carbocycles. The normalized spacial score (nSPS) is 20.9. The molecule has 0 N–H and O–H groups in total. The fourth-order valence-electron chi connectivity index (χ4n) is 3.94. The summed E-state index contributed by atoms with van der Waals surface area (Å²) in [5.41, 5.74) is 6.88. The average molecular weight is 284 g/mol. The Morgan fingerprint density at radius 2 is 1.55 bits per heavy atom. The zero-order valence-corrected chi connectivity index (χ0v) is 12.3. The second-order valence-corrected chi connectivity index (χ2v) is 6.28. The Morgan fingerprint density at radius 3 is 2.41 bits per heavy atom. The highest BCUT2D eigenvalue weighted by molar-refractivity contribution is 5.69. The van der Waals surface area contributed by atoms with Gasteiger partial charge in [-0.25, -0.2) is 0 Å². The minimum Gasteiger partial charge on any atom is -0.492 e. The van der Waals surface area contributed by atoms with E-state index < -0.39 is 0 Å². The van der Waals surface area contributed by atoms with E-state index in [1.807, 2.05) is 0 Å². The number of hydrogen-bond acceptors (Lipinski definition) is 1. The molecule has 1 atom stereocenters. The quantitative estimate of drug-likeness (QED) is 0.635. The molecule has 1 heteroatoms. The van der Waals surface area contributed by atoms with Gasteiger partial charge in [-0.3, -0.25) is 0 Å². The molecule has 106 valence electrons. The van der Waals surface area contributed by atoms with Gasteiger partial charge >= 0.3 is 0 Å². The summed E-state index contributed by atoms with van der Waals surface area (Å²) in [6, 6.07) is 26.0.